The smallest absolute Gasteiger partial charge is 0.225 e. The van der Waals surface area contributed by atoms with Crippen molar-refractivity contribution in [3.05, 3.63) is 0 Å². The van der Waals surface area contributed by atoms with Crippen LogP contribution in [-0.2, 0) is 4.79 Å². The highest BCUT2D eigenvalue weighted by atomic mass is 35.5. The van der Waals surface area contributed by atoms with Crippen molar-refractivity contribution < 1.29 is 4.79 Å². The van der Waals surface area contributed by atoms with E-state index in [0.717, 1.165) is 44.3 Å². The van der Waals surface area contributed by atoms with Gasteiger partial charge in [-0.2, -0.15) is 0 Å². The van der Waals surface area contributed by atoms with Crippen LogP contribution in [0.5, 0.6) is 0 Å². The maximum Gasteiger partial charge on any atom is 0.225 e. The first-order valence-corrected chi connectivity index (χ1v) is 7.26. The first-order valence-electron chi connectivity index (χ1n) is 7.26. The quantitative estimate of drug-likeness (QED) is 0.792. The summed E-state index contributed by atoms with van der Waals surface area (Å²) in [6.45, 7) is 5.32. The molecular weight excluding hydrogens is 248 g/mol. The third kappa shape index (κ3) is 2.67. The van der Waals surface area contributed by atoms with Crippen molar-refractivity contribution >= 4 is 18.3 Å². The molecule has 4 heteroatoms. The van der Waals surface area contributed by atoms with Crippen LogP contribution in [0.1, 0.15) is 39.0 Å². The van der Waals surface area contributed by atoms with Crippen LogP contribution in [-0.4, -0.2) is 36.5 Å². The van der Waals surface area contributed by atoms with Crippen molar-refractivity contribution in [1.29, 1.82) is 0 Å². The minimum atomic E-state index is 0. The second-order valence-electron chi connectivity index (χ2n) is 6.27. The molecule has 18 heavy (non-hydrogen) atoms. The molecule has 0 aromatic rings. The number of nitrogens with zero attached hydrogens (tertiary/aromatic N) is 1. The number of hydrogen-bond donors (Lipinski definition) is 1. The van der Waals surface area contributed by atoms with Gasteiger partial charge in [0.05, 0.1) is 0 Å². The van der Waals surface area contributed by atoms with Gasteiger partial charge in [-0.25, -0.2) is 0 Å². The first-order chi connectivity index (χ1) is 8.24. The summed E-state index contributed by atoms with van der Waals surface area (Å²) in [6, 6.07) is 0.514. The standard InChI is InChI=1S/C14H24N2O.ClH/c1-10-7-11(5-6-15-10)14(17)16-8-12-3-2-4-13(12)9-16;/h10-13,15H,2-9H2,1H3;1H/t10-,11-,12?,13?;/m0./s1. The van der Waals surface area contributed by atoms with Gasteiger partial charge >= 0.3 is 0 Å². The monoisotopic (exact) mass is 272 g/mol. The fourth-order valence-electron chi connectivity index (χ4n) is 4.03. The fourth-order valence-corrected chi connectivity index (χ4v) is 4.03. The summed E-state index contributed by atoms with van der Waals surface area (Å²) >= 11 is 0. The average Bonchev–Trinajstić information content (AvgIpc) is 2.88. The van der Waals surface area contributed by atoms with E-state index >= 15 is 0 Å². The highest BCUT2D eigenvalue weighted by Gasteiger charge is 2.40. The molecule has 0 spiro atoms. The van der Waals surface area contributed by atoms with Crippen molar-refractivity contribution in [1.82, 2.24) is 10.2 Å². The SMILES string of the molecule is C[C@H]1C[C@@H](C(=O)N2CC3CCCC3C2)CCN1.Cl. The molecule has 3 rings (SSSR count). The Kier molecular flexibility index (Phi) is 4.54. The molecule has 104 valence electrons. The Morgan fingerprint density at radius 1 is 1.17 bits per heavy atom. The first kappa shape index (κ1) is 14.1. The maximum absolute atomic E-state index is 12.5. The summed E-state index contributed by atoms with van der Waals surface area (Å²) in [6.07, 6.45) is 6.18. The van der Waals surface area contributed by atoms with Crippen molar-refractivity contribution in [2.24, 2.45) is 17.8 Å². The largest absolute Gasteiger partial charge is 0.342 e. The van der Waals surface area contributed by atoms with E-state index < -0.39 is 0 Å². The molecule has 0 aromatic heterocycles. The van der Waals surface area contributed by atoms with Gasteiger partial charge in [0, 0.05) is 25.0 Å². The van der Waals surface area contributed by atoms with E-state index in [1.54, 1.807) is 0 Å². The minimum Gasteiger partial charge on any atom is -0.342 e. The van der Waals surface area contributed by atoms with E-state index in [9.17, 15) is 4.79 Å². The average molecular weight is 273 g/mol. The van der Waals surface area contributed by atoms with Gasteiger partial charge in [0.1, 0.15) is 0 Å². The third-order valence-electron chi connectivity index (χ3n) is 5.01. The summed E-state index contributed by atoms with van der Waals surface area (Å²) in [7, 11) is 0. The van der Waals surface area contributed by atoms with E-state index in [1.165, 1.54) is 19.3 Å². The Hall–Kier alpha value is -0.280. The molecular formula is C14H25ClN2O. The lowest BCUT2D eigenvalue weighted by Crippen LogP contribution is -2.43. The number of carbonyl (C=O) groups excluding carboxylic acids is 1. The molecule has 3 nitrogen and oxygen atoms in total. The molecule has 3 fully saturated rings. The van der Waals surface area contributed by atoms with Crippen LogP contribution in [0.3, 0.4) is 0 Å². The highest BCUT2D eigenvalue weighted by molar-refractivity contribution is 5.85. The highest BCUT2D eigenvalue weighted by Crippen LogP contribution is 2.38. The van der Waals surface area contributed by atoms with Gasteiger partial charge in [0.2, 0.25) is 5.91 Å². The number of fused-ring (bicyclic) bond motifs is 1. The molecule has 1 N–H and O–H groups in total. The lowest BCUT2D eigenvalue weighted by atomic mass is 9.92. The number of carbonyl (C=O) groups is 1. The lowest BCUT2D eigenvalue weighted by molar-refractivity contribution is -0.135. The Morgan fingerprint density at radius 2 is 1.83 bits per heavy atom. The summed E-state index contributed by atoms with van der Waals surface area (Å²) < 4.78 is 0. The molecule has 0 aromatic carbocycles. The predicted octanol–water partition coefficient (Wildman–Crippen LogP) is 2.05. The van der Waals surface area contributed by atoms with Crippen LogP contribution in [0.2, 0.25) is 0 Å². The molecule has 2 unspecified atom stereocenters. The topological polar surface area (TPSA) is 32.3 Å². The summed E-state index contributed by atoms with van der Waals surface area (Å²) in [4.78, 5) is 14.7. The normalized spacial score (nSPS) is 39.3. The molecule has 2 aliphatic heterocycles. The van der Waals surface area contributed by atoms with E-state index in [2.05, 4.69) is 17.1 Å². The molecule has 2 heterocycles. The second-order valence-corrected chi connectivity index (χ2v) is 6.27. The fraction of sp³-hybridized carbons (Fsp3) is 0.929. The van der Waals surface area contributed by atoms with Gasteiger partial charge in [-0.1, -0.05) is 6.42 Å². The van der Waals surface area contributed by atoms with Crippen LogP contribution in [0, 0.1) is 17.8 Å². The van der Waals surface area contributed by atoms with Crippen molar-refractivity contribution in [2.45, 2.75) is 45.1 Å². The van der Waals surface area contributed by atoms with Gasteiger partial charge in [0.15, 0.2) is 0 Å². The number of halogens is 1. The number of likely N-dealkylation sites (tertiary alicyclic amines) is 1. The van der Waals surface area contributed by atoms with Gasteiger partial charge in [-0.3, -0.25) is 4.79 Å². The Labute approximate surface area is 116 Å². The van der Waals surface area contributed by atoms with E-state index in [0.29, 0.717) is 17.9 Å². The molecule has 1 amide bonds. The molecule has 2 saturated heterocycles. The van der Waals surface area contributed by atoms with E-state index in [4.69, 9.17) is 0 Å². The molecule has 3 aliphatic rings. The Balaban J connectivity index is 0.00000120. The Morgan fingerprint density at radius 3 is 2.44 bits per heavy atom. The van der Waals surface area contributed by atoms with E-state index in [1.807, 2.05) is 0 Å². The summed E-state index contributed by atoms with van der Waals surface area (Å²) in [5, 5.41) is 3.43. The molecule has 1 saturated carbocycles. The molecule has 0 radical (unpaired) electrons. The van der Waals surface area contributed by atoms with Crippen molar-refractivity contribution in [2.75, 3.05) is 19.6 Å². The maximum atomic E-state index is 12.5. The number of amides is 1. The Bertz CT molecular complexity index is 298. The van der Waals surface area contributed by atoms with Crippen LogP contribution >= 0.6 is 12.4 Å². The van der Waals surface area contributed by atoms with Crippen LogP contribution in [0.15, 0.2) is 0 Å². The second kappa shape index (κ2) is 5.79. The van der Waals surface area contributed by atoms with Crippen molar-refractivity contribution in [3.63, 3.8) is 0 Å². The predicted molar refractivity (Wildman–Crippen MR) is 74.8 cm³/mol. The minimum absolute atomic E-state index is 0. The zero-order valence-corrected chi connectivity index (χ0v) is 12.0. The van der Waals surface area contributed by atoms with Gasteiger partial charge in [0.25, 0.3) is 0 Å². The number of piperidine rings is 1. The molecule has 4 atom stereocenters. The van der Waals surface area contributed by atoms with Crippen LogP contribution in [0.4, 0.5) is 0 Å². The number of hydrogen-bond acceptors (Lipinski definition) is 2. The van der Waals surface area contributed by atoms with Gasteiger partial charge in [-0.05, 0) is 51.0 Å². The van der Waals surface area contributed by atoms with Gasteiger partial charge in [-0.15, -0.1) is 12.4 Å². The van der Waals surface area contributed by atoms with Crippen molar-refractivity contribution in [3.8, 4) is 0 Å². The van der Waals surface area contributed by atoms with Gasteiger partial charge < -0.3 is 10.2 Å². The molecule has 1 aliphatic carbocycles. The van der Waals surface area contributed by atoms with E-state index in [-0.39, 0.29) is 12.4 Å². The summed E-state index contributed by atoms with van der Waals surface area (Å²) in [5.41, 5.74) is 0. The summed E-state index contributed by atoms with van der Waals surface area (Å²) in [5.74, 6) is 2.41. The molecule has 0 bridgehead atoms. The van der Waals surface area contributed by atoms with Crippen LogP contribution < -0.4 is 5.32 Å². The lowest BCUT2D eigenvalue weighted by Gasteiger charge is -2.30. The number of nitrogens with one attached hydrogen (secondary N) is 1. The zero-order chi connectivity index (χ0) is 11.8. The van der Waals surface area contributed by atoms with Crippen LogP contribution in [0.25, 0.3) is 0 Å². The third-order valence-corrected chi connectivity index (χ3v) is 5.01. The zero-order valence-electron chi connectivity index (χ0n) is 11.2. The number of rotatable bonds is 1.